The number of hydrogen-bond donors (Lipinski definition) is 1. The van der Waals surface area contributed by atoms with Gasteiger partial charge in [-0.3, -0.25) is 4.79 Å². The number of carbonyl (C=O) groups is 2. The van der Waals surface area contributed by atoms with Crippen LogP contribution in [0.3, 0.4) is 0 Å². The number of amides is 1. The van der Waals surface area contributed by atoms with Crippen molar-refractivity contribution in [3.05, 3.63) is 29.8 Å². The van der Waals surface area contributed by atoms with Crippen LogP contribution < -0.4 is 10.1 Å². The van der Waals surface area contributed by atoms with Gasteiger partial charge in [-0.15, -0.1) is 0 Å². The second-order valence-electron chi connectivity index (χ2n) is 9.69. The number of carbonyl (C=O) groups excluding carboxylic acids is 2. The van der Waals surface area contributed by atoms with E-state index < -0.39 is 17.6 Å². The minimum Gasteiger partial charge on any atom is -0.488 e. The van der Waals surface area contributed by atoms with Gasteiger partial charge >= 0.3 is 5.97 Å². The van der Waals surface area contributed by atoms with E-state index in [0.717, 1.165) is 17.7 Å². The fourth-order valence-electron chi connectivity index (χ4n) is 2.75. The van der Waals surface area contributed by atoms with Gasteiger partial charge in [-0.05, 0) is 65.7 Å². The average molecular weight is 452 g/mol. The molecule has 0 spiro atoms. The molecule has 1 N–H and O–H groups in total. The Labute approximate surface area is 193 Å². The number of benzene rings is 1. The monoisotopic (exact) mass is 451 g/mol. The second-order valence-corrected chi connectivity index (χ2v) is 9.69. The van der Waals surface area contributed by atoms with Crippen LogP contribution in [0.1, 0.15) is 66.9 Å². The molecule has 0 bridgehead atoms. The molecule has 0 aliphatic carbocycles. The van der Waals surface area contributed by atoms with Gasteiger partial charge in [-0.2, -0.15) is 0 Å². The summed E-state index contributed by atoms with van der Waals surface area (Å²) in [6, 6.07) is 6.73. The van der Waals surface area contributed by atoms with E-state index >= 15 is 0 Å². The highest BCUT2D eigenvalue weighted by atomic mass is 16.6. The third-order valence-electron chi connectivity index (χ3n) is 4.01. The molecule has 0 radical (unpaired) electrons. The molecule has 7 nitrogen and oxygen atoms in total. The SMILES string of the molecule is CCCOCCOCCC(=O)N[C@@H](Cc1ccc(OC(C)(C)C)cc1)C(=O)OC(C)(C)C. The van der Waals surface area contributed by atoms with Crippen molar-refractivity contribution in [3.8, 4) is 5.75 Å². The van der Waals surface area contributed by atoms with Crippen molar-refractivity contribution in [3.63, 3.8) is 0 Å². The summed E-state index contributed by atoms with van der Waals surface area (Å²) in [5, 5.41) is 2.80. The predicted molar refractivity (Wildman–Crippen MR) is 125 cm³/mol. The second kappa shape index (κ2) is 13.4. The van der Waals surface area contributed by atoms with Crippen LogP contribution in [0, 0.1) is 0 Å². The molecule has 1 aromatic rings. The van der Waals surface area contributed by atoms with Crippen LogP contribution in [0.5, 0.6) is 5.75 Å². The lowest BCUT2D eigenvalue weighted by Crippen LogP contribution is -2.45. The van der Waals surface area contributed by atoms with Gasteiger partial charge in [0.25, 0.3) is 0 Å². The molecule has 0 saturated heterocycles. The minimum atomic E-state index is -0.788. The summed E-state index contributed by atoms with van der Waals surface area (Å²) >= 11 is 0. The molecule has 32 heavy (non-hydrogen) atoms. The van der Waals surface area contributed by atoms with E-state index in [1.54, 1.807) is 20.8 Å². The maximum Gasteiger partial charge on any atom is 0.329 e. The van der Waals surface area contributed by atoms with Crippen molar-refractivity contribution in [1.29, 1.82) is 0 Å². The molecule has 7 heteroatoms. The highest BCUT2D eigenvalue weighted by molar-refractivity contribution is 5.85. The zero-order valence-corrected chi connectivity index (χ0v) is 20.8. The van der Waals surface area contributed by atoms with Gasteiger partial charge in [0.1, 0.15) is 23.0 Å². The Morgan fingerprint density at radius 2 is 1.47 bits per heavy atom. The summed E-state index contributed by atoms with van der Waals surface area (Å²) < 4.78 is 22.1. The first-order valence-electron chi connectivity index (χ1n) is 11.4. The average Bonchev–Trinajstić information content (AvgIpc) is 2.65. The Bertz CT molecular complexity index is 688. The van der Waals surface area contributed by atoms with Gasteiger partial charge in [-0.1, -0.05) is 19.1 Å². The normalized spacial score (nSPS) is 12.8. The van der Waals surface area contributed by atoms with E-state index in [1.165, 1.54) is 0 Å². The molecule has 0 fully saturated rings. The van der Waals surface area contributed by atoms with Crippen molar-refractivity contribution in [2.24, 2.45) is 0 Å². The van der Waals surface area contributed by atoms with Crippen LogP contribution >= 0.6 is 0 Å². The Kier molecular flexibility index (Phi) is 11.7. The Hall–Kier alpha value is -2.12. The number of rotatable bonds is 13. The molecule has 1 atom stereocenters. The highest BCUT2D eigenvalue weighted by Crippen LogP contribution is 2.19. The molecular weight excluding hydrogens is 410 g/mol. The number of esters is 1. The molecule has 1 rings (SSSR count). The van der Waals surface area contributed by atoms with Crippen LogP contribution in [0.4, 0.5) is 0 Å². The first-order valence-corrected chi connectivity index (χ1v) is 11.4. The molecule has 0 saturated carbocycles. The minimum absolute atomic E-state index is 0.158. The van der Waals surface area contributed by atoms with Crippen molar-refractivity contribution < 1.29 is 28.5 Å². The fourth-order valence-corrected chi connectivity index (χ4v) is 2.75. The lowest BCUT2D eigenvalue weighted by atomic mass is 10.0. The number of nitrogens with one attached hydrogen (secondary N) is 1. The van der Waals surface area contributed by atoms with E-state index in [-0.39, 0.29) is 24.5 Å². The van der Waals surface area contributed by atoms with Crippen molar-refractivity contribution in [1.82, 2.24) is 5.32 Å². The zero-order valence-electron chi connectivity index (χ0n) is 20.8. The predicted octanol–water partition coefficient (Wildman–Crippen LogP) is 4.07. The van der Waals surface area contributed by atoms with Crippen LogP contribution in [-0.4, -0.2) is 55.5 Å². The third-order valence-corrected chi connectivity index (χ3v) is 4.01. The standard InChI is InChI=1S/C25H41NO6/c1-8-14-29-16-17-30-15-13-22(27)26-21(23(28)32-25(5,6)7)18-19-9-11-20(12-10-19)31-24(2,3)4/h9-12,21H,8,13-18H2,1-7H3,(H,26,27)/t21-/m0/s1. The zero-order chi connectivity index (χ0) is 24.2. The van der Waals surface area contributed by atoms with E-state index in [0.29, 0.717) is 26.2 Å². The van der Waals surface area contributed by atoms with Crippen LogP contribution in [0.15, 0.2) is 24.3 Å². The van der Waals surface area contributed by atoms with Gasteiger partial charge in [0.05, 0.1) is 19.8 Å². The molecule has 0 unspecified atom stereocenters. The summed E-state index contributed by atoms with van der Waals surface area (Å²) in [5.41, 5.74) is -0.0445. The number of hydrogen-bond acceptors (Lipinski definition) is 6. The third kappa shape index (κ3) is 13.3. The quantitative estimate of drug-likeness (QED) is 0.360. The molecule has 1 amide bonds. The first kappa shape index (κ1) is 27.9. The molecule has 0 aliphatic heterocycles. The summed E-state index contributed by atoms with van der Waals surface area (Å²) in [6.45, 7) is 15.3. The Balaban J connectivity index is 2.67. The fraction of sp³-hybridized carbons (Fsp3) is 0.680. The van der Waals surface area contributed by atoms with Gasteiger partial charge in [0.15, 0.2) is 0 Å². The molecule has 182 valence electrons. The molecule has 0 aliphatic rings. The van der Waals surface area contributed by atoms with Gasteiger partial charge in [0.2, 0.25) is 5.91 Å². The molecule has 0 aromatic heterocycles. The topological polar surface area (TPSA) is 83.1 Å². The lowest BCUT2D eigenvalue weighted by molar-refractivity contribution is -0.158. The van der Waals surface area contributed by atoms with Crippen molar-refractivity contribution in [2.75, 3.05) is 26.4 Å². The maximum atomic E-state index is 12.7. The van der Waals surface area contributed by atoms with Crippen LogP contribution in [0.2, 0.25) is 0 Å². The highest BCUT2D eigenvalue weighted by Gasteiger charge is 2.27. The summed E-state index contributed by atoms with van der Waals surface area (Å²) in [6.07, 6.45) is 1.44. The maximum absolute atomic E-state index is 12.7. The van der Waals surface area contributed by atoms with Gasteiger partial charge in [0, 0.05) is 19.4 Å². The summed E-state index contributed by atoms with van der Waals surface area (Å²) in [7, 11) is 0. The molecule has 1 aromatic carbocycles. The van der Waals surface area contributed by atoms with Crippen molar-refractivity contribution in [2.45, 2.75) is 85.0 Å². The summed E-state index contributed by atoms with van der Waals surface area (Å²) in [4.78, 5) is 25.1. The lowest BCUT2D eigenvalue weighted by Gasteiger charge is -2.25. The van der Waals surface area contributed by atoms with Crippen molar-refractivity contribution >= 4 is 11.9 Å². The van der Waals surface area contributed by atoms with E-state index in [9.17, 15) is 9.59 Å². The Morgan fingerprint density at radius 3 is 2.00 bits per heavy atom. The first-order chi connectivity index (χ1) is 14.9. The summed E-state index contributed by atoms with van der Waals surface area (Å²) in [5.74, 6) is 0.0249. The number of ether oxygens (including phenoxy) is 4. The van der Waals surface area contributed by atoms with E-state index in [2.05, 4.69) is 5.32 Å². The largest absolute Gasteiger partial charge is 0.488 e. The van der Waals surface area contributed by atoms with Gasteiger partial charge in [-0.25, -0.2) is 4.79 Å². The van der Waals surface area contributed by atoms with E-state index in [1.807, 2.05) is 52.0 Å². The molecule has 0 heterocycles. The van der Waals surface area contributed by atoms with Gasteiger partial charge < -0.3 is 24.3 Å². The van der Waals surface area contributed by atoms with E-state index in [4.69, 9.17) is 18.9 Å². The van der Waals surface area contributed by atoms with Crippen LogP contribution in [0.25, 0.3) is 0 Å². The van der Waals surface area contributed by atoms with Crippen LogP contribution in [-0.2, 0) is 30.2 Å². The smallest absolute Gasteiger partial charge is 0.329 e. The molecular formula is C25H41NO6. The Morgan fingerprint density at radius 1 is 0.875 bits per heavy atom.